The van der Waals surface area contributed by atoms with E-state index in [0.29, 0.717) is 29.1 Å². The molecule has 37 heavy (non-hydrogen) atoms. The molecule has 2 fully saturated rings. The molecule has 0 bridgehead atoms. The van der Waals surface area contributed by atoms with Gasteiger partial charge in [0.1, 0.15) is 0 Å². The summed E-state index contributed by atoms with van der Waals surface area (Å²) in [6.07, 6.45) is 9.47. The van der Waals surface area contributed by atoms with Gasteiger partial charge in [0.05, 0.1) is 23.3 Å². The Morgan fingerprint density at radius 1 is 1.05 bits per heavy atom. The smallest absolute Gasteiger partial charge is 0.240 e. The van der Waals surface area contributed by atoms with Crippen LogP contribution in [0.25, 0.3) is 11.1 Å². The molecule has 0 spiro atoms. The van der Waals surface area contributed by atoms with Gasteiger partial charge >= 0.3 is 0 Å². The lowest BCUT2D eigenvalue weighted by Crippen LogP contribution is -2.31. The van der Waals surface area contributed by atoms with Crippen molar-refractivity contribution in [1.82, 2.24) is 24.4 Å². The van der Waals surface area contributed by atoms with Gasteiger partial charge in [0.15, 0.2) is 17.3 Å². The van der Waals surface area contributed by atoms with Gasteiger partial charge < -0.3 is 20.3 Å². The van der Waals surface area contributed by atoms with Crippen LogP contribution < -0.4 is 20.1 Å². The highest BCUT2D eigenvalue weighted by Crippen LogP contribution is 2.36. The van der Waals surface area contributed by atoms with Crippen molar-refractivity contribution >= 4 is 21.5 Å². The first kappa shape index (κ1) is 25.5. The number of hydrogen-bond donors (Lipinski definition) is 2. The number of rotatable bonds is 7. The molecule has 11 heteroatoms. The van der Waals surface area contributed by atoms with Crippen LogP contribution in [-0.2, 0) is 10.0 Å². The average Bonchev–Trinajstić information content (AvgIpc) is 3.54. The van der Waals surface area contributed by atoms with Crippen molar-refractivity contribution in [2.45, 2.75) is 49.6 Å². The van der Waals surface area contributed by atoms with Crippen LogP contribution in [0, 0.1) is 0 Å². The zero-order valence-corrected chi connectivity index (χ0v) is 22.4. The number of nitrogens with two attached hydrogens (primary N) is 1. The Kier molecular flexibility index (Phi) is 7.11. The topological polar surface area (TPSA) is 119 Å². The van der Waals surface area contributed by atoms with E-state index in [9.17, 15) is 8.42 Å². The monoisotopic (exact) mass is 525 g/mol. The molecule has 10 nitrogen and oxygen atoms in total. The number of ether oxygens (including phenoxy) is 1. The van der Waals surface area contributed by atoms with E-state index < -0.39 is 10.0 Å². The van der Waals surface area contributed by atoms with Gasteiger partial charge in [-0.2, -0.15) is 5.10 Å². The number of sulfonamides is 1. The lowest BCUT2D eigenvalue weighted by molar-refractivity contribution is 0.212. The quantitative estimate of drug-likeness (QED) is 0.481. The summed E-state index contributed by atoms with van der Waals surface area (Å²) in [6, 6.07) is 7.88. The highest BCUT2D eigenvalue weighted by atomic mass is 32.2. The molecule has 2 saturated heterocycles. The summed E-state index contributed by atoms with van der Waals surface area (Å²) in [4.78, 5) is 9.13. The Balaban J connectivity index is 1.45. The van der Waals surface area contributed by atoms with E-state index in [2.05, 4.69) is 38.6 Å². The third-order valence-corrected chi connectivity index (χ3v) is 8.83. The Labute approximate surface area is 218 Å². The second-order valence-electron chi connectivity index (χ2n) is 10.0. The molecule has 0 amide bonds. The van der Waals surface area contributed by atoms with Crippen LogP contribution in [0.15, 0.2) is 47.8 Å². The number of piperidine rings is 1. The van der Waals surface area contributed by atoms with Crippen molar-refractivity contribution in [3.63, 3.8) is 0 Å². The third-order valence-electron chi connectivity index (χ3n) is 7.44. The second-order valence-corrected chi connectivity index (χ2v) is 11.9. The number of anilines is 2. The first-order chi connectivity index (χ1) is 17.7. The SMILES string of the molecule is CNS(=O)(=O)c1cc(-c2cnc(N)c(Oc3cnn(C4CCN(C)CC4)c3)c2)cc(N2CCC[C@H]2C)c1. The molecule has 2 aliphatic heterocycles. The van der Waals surface area contributed by atoms with Gasteiger partial charge in [-0.05, 0) is 89.6 Å². The van der Waals surface area contributed by atoms with Crippen molar-refractivity contribution in [2.75, 3.05) is 44.4 Å². The minimum absolute atomic E-state index is 0.209. The van der Waals surface area contributed by atoms with Crippen LogP contribution in [0.2, 0.25) is 0 Å². The number of hydrogen-bond acceptors (Lipinski definition) is 8. The van der Waals surface area contributed by atoms with Crippen LogP contribution >= 0.6 is 0 Å². The lowest BCUT2D eigenvalue weighted by atomic mass is 10.1. The fraction of sp³-hybridized carbons (Fsp3) is 0.462. The second kappa shape index (κ2) is 10.3. The largest absolute Gasteiger partial charge is 0.450 e. The number of nitrogen functional groups attached to an aromatic ring is 1. The molecule has 198 valence electrons. The van der Waals surface area contributed by atoms with Gasteiger partial charge in [-0.1, -0.05) is 0 Å². The Bertz CT molecular complexity index is 1370. The summed E-state index contributed by atoms with van der Waals surface area (Å²) in [5.74, 6) is 1.24. The molecule has 0 saturated carbocycles. The number of aromatic nitrogens is 3. The fourth-order valence-corrected chi connectivity index (χ4v) is 5.95. The summed E-state index contributed by atoms with van der Waals surface area (Å²) in [6.45, 7) is 5.13. The first-order valence-electron chi connectivity index (χ1n) is 12.8. The predicted molar refractivity (Wildman–Crippen MR) is 144 cm³/mol. The zero-order valence-electron chi connectivity index (χ0n) is 21.6. The number of benzene rings is 1. The molecule has 0 unspecified atom stereocenters. The number of nitrogens with one attached hydrogen (secondary N) is 1. The highest BCUT2D eigenvalue weighted by Gasteiger charge is 2.24. The summed E-state index contributed by atoms with van der Waals surface area (Å²) < 4.78 is 36.0. The van der Waals surface area contributed by atoms with Crippen LogP contribution in [0.1, 0.15) is 38.6 Å². The number of likely N-dealkylation sites (tertiary alicyclic amines) is 1. The maximum absolute atomic E-state index is 12.7. The molecule has 3 N–H and O–H groups in total. The minimum atomic E-state index is -3.64. The van der Waals surface area contributed by atoms with Gasteiger partial charge in [0.25, 0.3) is 0 Å². The van der Waals surface area contributed by atoms with Gasteiger partial charge in [-0.3, -0.25) is 4.68 Å². The standard InChI is InChI=1S/C26H35N7O3S/c1-18-5-4-8-32(18)22-11-19(12-24(14-22)37(34,35)28-2)20-13-25(26(27)29-15-20)36-23-16-30-33(17-23)21-6-9-31(3)10-7-21/h11-18,21,28H,4-10H2,1-3H3,(H2,27,29)/t18-/m1/s1. The lowest BCUT2D eigenvalue weighted by Gasteiger charge is -2.28. The van der Waals surface area contributed by atoms with E-state index in [1.165, 1.54) is 7.05 Å². The fourth-order valence-electron chi connectivity index (χ4n) is 5.16. The molecule has 1 atom stereocenters. The maximum atomic E-state index is 12.7. The molecule has 2 aromatic heterocycles. The molecule has 4 heterocycles. The van der Waals surface area contributed by atoms with Crippen LogP contribution in [0.3, 0.4) is 0 Å². The third kappa shape index (κ3) is 5.43. The zero-order chi connectivity index (χ0) is 26.2. The summed E-state index contributed by atoms with van der Waals surface area (Å²) in [5.41, 5.74) is 8.48. The van der Waals surface area contributed by atoms with E-state index in [-0.39, 0.29) is 10.7 Å². The molecule has 0 aliphatic carbocycles. The highest BCUT2D eigenvalue weighted by molar-refractivity contribution is 7.89. The maximum Gasteiger partial charge on any atom is 0.240 e. The Morgan fingerprint density at radius 3 is 2.54 bits per heavy atom. The average molecular weight is 526 g/mol. The molecule has 3 aromatic rings. The molecule has 1 aromatic carbocycles. The van der Waals surface area contributed by atoms with E-state index in [1.54, 1.807) is 30.6 Å². The Hall–Kier alpha value is -3.15. The molecular formula is C26H35N7O3S. The van der Waals surface area contributed by atoms with Crippen LogP contribution in [0.4, 0.5) is 11.5 Å². The van der Waals surface area contributed by atoms with Crippen molar-refractivity contribution in [2.24, 2.45) is 0 Å². The van der Waals surface area contributed by atoms with Gasteiger partial charge in [0.2, 0.25) is 10.0 Å². The van der Waals surface area contributed by atoms with E-state index in [0.717, 1.165) is 56.6 Å². The molecular weight excluding hydrogens is 490 g/mol. The van der Waals surface area contributed by atoms with Gasteiger partial charge in [-0.25, -0.2) is 18.1 Å². The van der Waals surface area contributed by atoms with Gasteiger partial charge in [-0.15, -0.1) is 0 Å². The van der Waals surface area contributed by atoms with Crippen LogP contribution in [0.5, 0.6) is 11.5 Å². The van der Waals surface area contributed by atoms with Gasteiger partial charge in [0, 0.05) is 30.0 Å². The Morgan fingerprint density at radius 2 is 1.84 bits per heavy atom. The molecule has 5 rings (SSSR count). The van der Waals surface area contributed by atoms with E-state index in [1.807, 2.05) is 16.9 Å². The van der Waals surface area contributed by atoms with Crippen molar-refractivity contribution in [3.05, 3.63) is 42.9 Å². The van der Waals surface area contributed by atoms with E-state index >= 15 is 0 Å². The summed E-state index contributed by atoms with van der Waals surface area (Å²) >= 11 is 0. The number of nitrogens with zero attached hydrogens (tertiary/aromatic N) is 5. The van der Waals surface area contributed by atoms with Crippen molar-refractivity contribution in [3.8, 4) is 22.6 Å². The minimum Gasteiger partial charge on any atom is -0.450 e. The van der Waals surface area contributed by atoms with Crippen LogP contribution in [-0.4, -0.2) is 67.9 Å². The van der Waals surface area contributed by atoms with Crippen molar-refractivity contribution < 1.29 is 13.2 Å². The normalized spacial score (nSPS) is 19.4. The summed E-state index contributed by atoms with van der Waals surface area (Å²) in [7, 11) is -0.0903. The summed E-state index contributed by atoms with van der Waals surface area (Å²) in [5, 5.41) is 4.51. The molecule has 0 radical (unpaired) electrons. The predicted octanol–water partition coefficient (Wildman–Crippen LogP) is 3.48. The first-order valence-corrected chi connectivity index (χ1v) is 14.2. The van der Waals surface area contributed by atoms with Crippen molar-refractivity contribution in [1.29, 1.82) is 0 Å². The molecule has 2 aliphatic rings. The number of pyridine rings is 1. The van der Waals surface area contributed by atoms with E-state index in [4.69, 9.17) is 10.5 Å².